The molecule has 0 amide bonds. The van der Waals surface area contributed by atoms with Gasteiger partial charge in [-0.15, -0.1) is 0 Å². The molecule has 1 aliphatic heterocycles. The van der Waals surface area contributed by atoms with Crippen LogP contribution in [0.1, 0.15) is 6.42 Å². The summed E-state index contributed by atoms with van der Waals surface area (Å²) in [6, 6.07) is 5.45. The molecular formula is C13H17NO5. The molecule has 0 saturated carbocycles. The zero-order valence-electron chi connectivity index (χ0n) is 10.7. The first-order valence-electron chi connectivity index (χ1n) is 6.07. The summed E-state index contributed by atoms with van der Waals surface area (Å²) in [5, 5.41) is 12.7. The zero-order chi connectivity index (χ0) is 13.7. The van der Waals surface area contributed by atoms with Gasteiger partial charge in [-0.25, -0.2) is 0 Å². The second-order valence-corrected chi connectivity index (χ2v) is 4.17. The summed E-state index contributed by atoms with van der Waals surface area (Å²) in [7, 11) is 1.29. The maximum absolute atomic E-state index is 11.0. The number of methoxy groups -OCH3 is 1. The molecule has 1 aliphatic rings. The van der Waals surface area contributed by atoms with Gasteiger partial charge in [-0.2, -0.15) is 0 Å². The van der Waals surface area contributed by atoms with Gasteiger partial charge < -0.3 is 24.6 Å². The van der Waals surface area contributed by atoms with Crippen molar-refractivity contribution in [1.29, 1.82) is 0 Å². The Labute approximate surface area is 111 Å². The smallest absolute Gasteiger partial charge is 0.308 e. The quantitative estimate of drug-likeness (QED) is 0.768. The van der Waals surface area contributed by atoms with E-state index in [0.717, 1.165) is 5.69 Å². The lowest BCUT2D eigenvalue weighted by Crippen LogP contribution is -2.23. The van der Waals surface area contributed by atoms with E-state index in [2.05, 4.69) is 10.1 Å². The summed E-state index contributed by atoms with van der Waals surface area (Å²) in [5.41, 5.74) is 0.799. The van der Waals surface area contributed by atoms with Crippen LogP contribution in [0.3, 0.4) is 0 Å². The second kappa shape index (κ2) is 6.29. The van der Waals surface area contributed by atoms with E-state index in [4.69, 9.17) is 9.47 Å². The van der Waals surface area contributed by atoms with E-state index in [1.807, 2.05) is 12.1 Å². The summed E-state index contributed by atoms with van der Waals surface area (Å²) in [5.74, 6) is 0.960. The number of hydrogen-bond donors (Lipinski definition) is 2. The van der Waals surface area contributed by atoms with Gasteiger partial charge in [0.25, 0.3) is 0 Å². The van der Waals surface area contributed by atoms with Crippen molar-refractivity contribution >= 4 is 11.7 Å². The fraction of sp³-hybridized carbons (Fsp3) is 0.462. The number of fused-ring (bicyclic) bond motifs is 1. The van der Waals surface area contributed by atoms with Gasteiger partial charge in [0, 0.05) is 18.3 Å². The van der Waals surface area contributed by atoms with Crippen LogP contribution in [0, 0.1) is 0 Å². The third-order valence-electron chi connectivity index (χ3n) is 2.71. The Morgan fingerprint density at radius 2 is 2.16 bits per heavy atom. The van der Waals surface area contributed by atoms with Crippen LogP contribution in [-0.4, -0.2) is 44.0 Å². The minimum atomic E-state index is -0.791. The van der Waals surface area contributed by atoms with Crippen molar-refractivity contribution in [2.75, 3.05) is 32.2 Å². The van der Waals surface area contributed by atoms with Crippen LogP contribution in [0.4, 0.5) is 5.69 Å². The molecule has 104 valence electrons. The molecule has 1 aromatic rings. The van der Waals surface area contributed by atoms with E-state index < -0.39 is 12.1 Å². The van der Waals surface area contributed by atoms with Crippen molar-refractivity contribution in [3.8, 4) is 11.5 Å². The predicted molar refractivity (Wildman–Crippen MR) is 68.6 cm³/mol. The van der Waals surface area contributed by atoms with Crippen LogP contribution in [0.15, 0.2) is 18.2 Å². The Balaban J connectivity index is 1.87. The molecule has 6 heteroatoms. The van der Waals surface area contributed by atoms with Crippen LogP contribution >= 0.6 is 0 Å². The molecule has 0 aliphatic carbocycles. The predicted octanol–water partition coefficient (Wildman–Crippen LogP) is 0.794. The Morgan fingerprint density at radius 3 is 2.89 bits per heavy atom. The largest absolute Gasteiger partial charge is 0.486 e. The number of esters is 1. The molecule has 0 bridgehead atoms. The van der Waals surface area contributed by atoms with Gasteiger partial charge >= 0.3 is 5.97 Å². The minimum absolute atomic E-state index is 0.0337. The molecule has 0 spiro atoms. The standard InChI is InChI=1S/C13H17NO5/c1-17-13(16)7-10(15)8-14-9-2-3-11-12(6-9)19-5-4-18-11/h2-3,6,10,14-15H,4-5,7-8H2,1H3. The average Bonchev–Trinajstić information content (AvgIpc) is 2.44. The number of anilines is 1. The summed E-state index contributed by atoms with van der Waals surface area (Å²) < 4.78 is 15.3. The zero-order valence-corrected chi connectivity index (χ0v) is 10.7. The monoisotopic (exact) mass is 267 g/mol. The van der Waals surface area contributed by atoms with E-state index in [1.165, 1.54) is 7.11 Å². The normalized spacial score (nSPS) is 14.6. The Bertz CT molecular complexity index is 449. The highest BCUT2D eigenvalue weighted by Gasteiger charge is 2.13. The van der Waals surface area contributed by atoms with Crippen molar-refractivity contribution in [1.82, 2.24) is 0 Å². The van der Waals surface area contributed by atoms with Gasteiger partial charge in [-0.1, -0.05) is 0 Å². The van der Waals surface area contributed by atoms with Gasteiger partial charge in [0.05, 0.1) is 19.6 Å². The first-order valence-corrected chi connectivity index (χ1v) is 6.07. The third kappa shape index (κ3) is 3.75. The lowest BCUT2D eigenvalue weighted by molar-refractivity contribution is -0.142. The molecule has 1 unspecified atom stereocenters. The fourth-order valence-corrected chi connectivity index (χ4v) is 1.74. The number of ether oxygens (including phenoxy) is 3. The van der Waals surface area contributed by atoms with Crippen molar-refractivity contribution in [2.45, 2.75) is 12.5 Å². The number of aliphatic hydroxyl groups is 1. The highest BCUT2D eigenvalue weighted by Crippen LogP contribution is 2.32. The number of aliphatic hydroxyl groups excluding tert-OH is 1. The van der Waals surface area contributed by atoms with Gasteiger partial charge in [0.15, 0.2) is 11.5 Å². The molecule has 1 atom stereocenters. The van der Waals surface area contributed by atoms with Crippen LogP contribution in [0.5, 0.6) is 11.5 Å². The van der Waals surface area contributed by atoms with Crippen molar-refractivity contribution in [3.63, 3.8) is 0 Å². The Morgan fingerprint density at radius 1 is 1.42 bits per heavy atom. The van der Waals surface area contributed by atoms with E-state index in [9.17, 15) is 9.90 Å². The summed E-state index contributed by atoms with van der Waals surface area (Å²) in [6.45, 7) is 1.34. The highest BCUT2D eigenvalue weighted by molar-refractivity contribution is 5.69. The van der Waals surface area contributed by atoms with Gasteiger partial charge in [-0.3, -0.25) is 4.79 Å². The molecule has 19 heavy (non-hydrogen) atoms. The molecule has 0 fully saturated rings. The van der Waals surface area contributed by atoms with Gasteiger partial charge in [0.2, 0.25) is 0 Å². The molecule has 2 rings (SSSR count). The molecular weight excluding hydrogens is 250 g/mol. The summed E-state index contributed by atoms with van der Waals surface area (Å²) in [6.07, 6.45) is -0.825. The second-order valence-electron chi connectivity index (χ2n) is 4.17. The number of carbonyl (C=O) groups is 1. The van der Waals surface area contributed by atoms with Crippen LogP contribution in [0.25, 0.3) is 0 Å². The number of benzene rings is 1. The van der Waals surface area contributed by atoms with Crippen LogP contribution < -0.4 is 14.8 Å². The molecule has 0 saturated heterocycles. The van der Waals surface area contributed by atoms with Crippen molar-refractivity contribution < 1.29 is 24.1 Å². The fourth-order valence-electron chi connectivity index (χ4n) is 1.74. The maximum Gasteiger partial charge on any atom is 0.308 e. The number of carbonyl (C=O) groups excluding carboxylic acids is 1. The molecule has 6 nitrogen and oxygen atoms in total. The Hall–Kier alpha value is -1.95. The lowest BCUT2D eigenvalue weighted by atomic mass is 10.2. The van der Waals surface area contributed by atoms with Crippen LogP contribution in [-0.2, 0) is 9.53 Å². The Kier molecular flexibility index (Phi) is 4.46. The number of nitrogens with one attached hydrogen (secondary N) is 1. The number of rotatable bonds is 5. The van der Waals surface area contributed by atoms with E-state index in [0.29, 0.717) is 24.7 Å². The topological polar surface area (TPSA) is 77.0 Å². The van der Waals surface area contributed by atoms with Crippen molar-refractivity contribution in [2.24, 2.45) is 0 Å². The van der Waals surface area contributed by atoms with Gasteiger partial charge in [-0.05, 0) is 12.1 Å². The summed E-state index contributed by atoms with van der Waals surface area (Å²) >= 11 is 0. The molecule has 1 heterocycles. The average molecular weight is 267 g/mol. The number of hydrogen-bond acceptors (Lipinski definition) is 6. The third-order valence-corrected chi connectivity index (χ3v) is 2.71. The first-order chi connectivity index (χ1) is 9.19. The van der Waals surface area contributed by atoms with E-state index >= 15 is 0 Å². The molecule has 2 N–H and O–H groups in total. The van der Waals surface area contributed by atoms with E-state index in [-0.39, 0.29) is 13.0 Å². The molecule has 0 aromatic heterocycles. The van der Waals surface area contributed by atoms with E-state index in [1.54, 1.807) is 6.07 Å². The minimum Gasteiger partial charge on any atom is -0.486 e. The molecule has 1 aromatic carbocycles. The van der Waals surface area contributed by atoms with Crippen LogP contribution in [0.2, 0.25) is 0 Å². The SMILES string of the molecule is COC(=O)CC(O)CNc1ccc2c(c1)OCCO2. The maximum atomic E-state index is 11.0. The first kappa shape index (κ1) is 13.5. The van der Waals surface area contributed by atoms with Gasteiger partial charge in [0.1, 0.15) is 13.2 Å². The lowest BCUT2D eigenvalue weighted by Gasteiger charge is -2.19. The summed E-state index contributed by atoms with van der Waals surface area (Å²) in [4.78, 5) is 11.0. The molecule has 0 radical (unpaired) electrons. The van der Waals surface area contributed by atoms with Crippen molar-refractivity contribution in [3.05, 3.63) is 18.2 Å². The highest BCUT2D eigenvalue weighted by atomic mass is 16.6.